The molecule has 4 nitrogen and oxygen atoms in total. The molecule has 0 aliphatic rings. The van der Waals surface area contributed by atoms with Crippen LogP contribution >= 0.6 is 0 Å². The molecule has 0 spiro atoms. The Labute approximate surface area is 113 Å². The molecule has 0 bridgehead atoms. The molecule has 0 aliphatic carbocycles. The summed E-state index contributed by atoms with van der Waals surface area (Å²) in [5.41, 5.74) is 2.11. The van der Waals surface area contributed by atoms with Gasteiger partial charge in [-0.15, -0.1) is 0 Å². The molecule has 1 aromatic heterocycles. The highest BCUT2D eigenvalue weighted by molar-refractivity contribution is 5.50. The zero-order chi connectivity index (χ0) is 13.7. The van der Waals surface area contributed by atoms with E-state index in [0.29, 0.717) is 0 Å². The van der Waals surface area contributed by atoms with Crippen molar-refractivity contribution in [3.63, 3.8) is 0 Å². The molecule has 0 saturated carbocycles. The second-order valence-corrected chi connectivity index (χ2v) is 4.09. The predicted octanol–water partition coefficient (Wildman–Crippen LogP) is 2.41. The Morgan fingerprint density at radius 1 is 1.11 bits per heavy atom. The highest BCUT2D eigenvalue weighted by Gasteiger charge is 2.19. The predicted molar refractivity (Wildman–Crippen MR) is 74.7 cm³/mol. The largest absolute Gasteiger partial charge is 0.493 e. The zero-order valence-electron chi connectivity index (χ0n) is 11.4. The third-order valence-corrected chi connectivity index (χ3v) is 3.05. The van der Waals surface area contributed by atoms with E-state index in [9.17, 15) is 0 Å². The molecule has 0 amide bonds. The van der Waals surface area contributed by atoms with Crippen molar-refractivity contribution in [2.75, 3.05) is 21.3 Å². The highest BCUT2D eigenvalue weighted by atomic mass is 16.5. The Morgan fingerprint density at radius 2 is 1.95 bits per heavy atom. The standard InChI is InChI=1S/C15H18N2O2/c1-16-14(11-6-5-9-17-10-11)12-7-4-8-13(18-2)15(12)19-3/h4-10,14,16H,1-3H3. The summed E-state index contributed by atoms with van der Waals surface area (Å²) in [6.07, 6.45) is 3.61. The Morgan fingerprint density at radius 3 is 2.53 bits per heavy atom. The van der Waals surface area contributed by atoms with Crippen LogP contribution in [-0.2, 0) is 0 Å². The maximum Gasteiger partial charge on any atom is 0.165 e. The van der Waals surface area contributed by atoms with E-state index < -0.39 is 0 Å². The van der Waals surface area contributed by atoms with Gasteiger partial charge < -0.3 is 14.8 Å². The van der Waals surface area contributed by atoms with Crippen molar-refractivity contribution in [2.45, 2.75) is 6.04 Å². The first-order chi connectivity index (χ1) is 9.31. The van der Waals surface area contributed by atoms with Crippen molar-refractivity contribution >= 4 is 0 Å². The molecule has 0 radical (unpaired) electrons. The number of nitrogens with one attached hydrogen (secondary N) is 1. The molecule has 0 aliphatic heterocycles. The SMILES string of the molecule is CNC(c1cccnc1)c1cccc(OC)c1OC. The second kappa shape index (κ2) is 6.20. The van der Waals surface area contributed by atoms with Crippen molar-refractivity contribution < 1.29 is 9.47 Å². The smallest absolute Gasteiger partial charge is 0.165 e. The van der Waals surface area contributed by atoms with Crippen LogP contribution in [0.3, 0.4) is 0 Å². The van der Waals surface area contributed by atoms with Crippen LogP contribution < -0.4 is 14.8 Å². The van der Waals surface area contributed by atoms with E-state index in [2.05, 4.69) is 10.3 Å². The van der Waals surface area contributed by atoms with Crippen molar-refractivity contribution in [1.82, 2.24) is 10.3 Å². The van der Waals surface area contributed by atoms with Crippen molar-refractivity contribution in [3.05, 3.63) is 53.9 Å². The summed E-state index contributed by atoms with van der Waals surface area (Å²) in [7, 11) is 5.20. The van der Waals surface area contributed by atoms with E-state index in [1.165, 1.54) is 0 Å². The molecule has 4 heteroatoms. The molecule has 1 unspecified atom stereocenters. The van der Waals surface area contributed by atoms with Crippen LogP contribution in [0.5, 0.6) is 11.5 Å². The summed E-state index contributed by atoms with van der Waals surface area (Å²) in [4.78, 5) is 4.17. The fraction of sp³-hybridized carbons (Fsp3) is 0.267. The van der Waals surface area contributed by atoms with E-state index in [1.54, 1.807) is 20.4 Å². The quantitative estimate of drug-likeness (QED) is 0.894. The summed E-state index contributed by atoms with van der Waals surface area (Å²) in [6, 6.07) is 9.84. The van der Waals surface area contributed by atoms with E-state index >= 15 is 0 Å². The molecule has 2 rings (SSSR count). The molecule has 1 heterocycles. The van der Waals surface area contributed by atoms with Crippen LogP contribution in [0.4, 0.5) is 0 Å². The molecular weight excluding hydrogens is 240 g/mol. The fourth-order valence-electron chi connectivity index (χ4n) is 2.19. The third kappa shape index (κ3) is 2.69. The molecule has 0 saturated heterocycles. The lowest BCUT2D eigenvalue weighted by Crippen LogP contribution is -2.18. The van der Waals surface area contributed by atoms with Crippen LogP contribution in [0.15, 0.2) is 42.7 Å². The normalized spacial score (nSPS) is 11.9. The van der Waals surface area contributed by atoms with Crippen molar-refractivity contribution in [3.8, 4) is 11.5 Å². The zero-order valence-corrected chi connectivity index (χ0v) is 11.4. The Hall–Kier alpha value is -2.07. The number of aromatic nitrogens is 1. The Balaban J connectivity index is 2.50. The lowest BCUT2D eigenvalue weighted by atomic mass is 9.99. The number of benzene rings is 1. The maximum atomic E-state index is 5.49. The summed E-state index contributed by atoms with van der Waals surface area (Å²) in [5, 5.41) is 3.29. The lowest BCUT2D eigenvalue weighted by Gasteiger charge is -2.20. The minimum absolute atomic E-state index is 0.0127. The Bertz CT molecular complexity index is 529. The van der Waals surface area contributed by atoms with E-state index in [1.807, 2.05) is 43.6 Å². The summed E-state index contributed by atoms with van der Waals surface area (Å²) in [6.45, 7) is 0. The van der Waals surface area contributed by atoms with Gasteiger partial charge in [0.15, 0.2) is 11.5 Å². The van der Waals surface area contributed by atoms with Gasteiger partial charge in [-0.1, -0.05) is 18.2 Å². The molecule has 0 fully saturated rings. The fourth-order valence-corrected chi connectivity index (χ4v) is 2.19. The van der Waals surface area contributed by atoms with Gasteiger partial charge in [0.25, 0.3) is 0 Å². The minimum atomic E-state index is 0.0127. The van der Waals surface area contributed by atoms with Crippen LogP contribution in [0.1, 0.15) is 17.2 Å². The highest BCUT2D eigenvalue weighted by Crippen LogP contribution is 2.36. The molecule has 100 valence electrons. The van der Waals surface area contributed by atoms with Gasteiger partial charge in [-0.05, 0) is 24.7 Å². The average molecular weight is 258 g/mol. The van der Waals surface area contributed by atoms with E-state index in [0.717, 1.165) is 22.6 Å². The number of pyridine rings is 1. The Kier molecular flexibility index (Phi) is 4.36. The van der Waals surface area contributed by atoms with Crippen LogP contribution in [0, 0.1) is 0 Å². The first kappa shape index (κ1) is 13.4. The number of para-hydroxylation sites is 1. The molecule has 2 aromatic rings. The van der Waals surface area contributed by atoms with Gasteiger partial charge in [0, 0.05) is 18.0 Å². The monoisotopic (exact) mass is 258 g/mol. The van der Waals surface area contributed by atoms with Gasteiger partial charge in [0.1, 0.15) is 0 Å². The lowest BCUT2D eigenvalue weighted by molar-refractivity contribution is 0.349. The van der Waals surface area contributed by atoms with E-state index in [4.69, 9.17) is 9.47 Å². The van der Waals surface area contributed by atoms with Gasteiger partial charge >= 0.3 is 0 Å². The first-order valence-corrected chi connectivity index (χ1v) is 6.10. The van der Waals surface area contributed by atoms with Gasteiger partial charge in [-0.3, -0.25) is 4.98 Å². The topological polar surface area (TPSA) is 43.4 Å². The van der Waals surface area contributed by atoms with Gasteiger partial charge in [0.05, 0.1) is 20.3 Å². The third-order valence-electron chi connectivity index (χ3n) is 3.05. The van der Waals surface area contributed by atoms with Gasteiger partial charge in [0.2, 0.25) is 0 Å². The minimum Gasteiger partial charge on any atom is -0.493 e. The first-order valence-electron chi connectivity index (χ1n) is 6.10. The number of methoxy groups -OCH3 is 2. The van der Waals surface area contributed by atoms with Crippen molar-refractivity contribution in [2.24, 2.45) is 0 Å². The van der Waals surface area contributed by atoms with Crippen molar-refractivity contribution in [1.29, 1.82) is 0 Å². The van der Waals surface area contributed by atoms with Crippen LogP contribution in [0.2, 0.25) is 0 Å². The van der Waals surface area contributed by atoms with Gasteiger partial charge in [-0.2, -0.15) is 0 Å². The summed E-state index contributed by atoms with van der Waals surface area (Å²) >= 11 is 0. The van der Waals surface area contributed by atoms with Crippen LogP contribution in [-0.4, -0.2) is 26.3 Å². The molecule has 1 atom stereocenters. The second-order valence-electron chi connectivity index (χ2n) is 4.09. The summed E-state index contributed by atoms with van der Waals surface area (Å²) < 4.78 is 10.8. The molecule has 1 N–H and O–H groups in total. The number of ether oxygens (including phenoxy) is 2. The molecule has 1 aromatic carbocycles. The van der Waals surface area contributed by atoms with Crippen LogP contribution in [0.25, 0.3) is 0 Å². The number of nitrogens with zero attached hydrogens (tertiary/aromatic N) is 1. The maximum absolute atomic E-state index is 5.49. The summed E-state index contributed by atoms with van der Waals surface area (Å²) in [5.74, 6) is 1.47. The molecular formula is C15H18N2O2. The average Bonchev–Trinajstić information content (AvgIpc) is 2.48. The van der Waals surface area contributed by atoms with Gasteiger partial charge in [-0.25, -0.2) is 0 Å². The van der Waals surface area contributed by atoms with E-state index in [-0.39, 0.29) is 6.04 Å². The number of hydrogen-bond donors (Lipinski definition) is 1. The number of rotatable bonds is 5. The molecule has 19 heavy (non-hydrogen) atoms. The number of hydrogen-bond acceptors (Lipinski definition) is 4.